The molecule has 0 radical (unpaired) electrons. The minimum Gasteiger partial charge on any atom is -0.497 e. The van der Waals surface area contributed by atoms with Crippen molar-refractivity contribution in [3.05, 3.63) is 177 Å². The number of carbonyl (C=O) groups is 1. The summed E-state index contributed by atoms with van der Waals surface area (Å²) in [7, 11) is 1.57. The fraction of sp³-hybridized carbons (Fsp3) is 0.319. The Morgan fingerprint density at radius 2 is 1.39 bits per heavy atom. The standard InChI is InChI=1S/C47H43N5O10/c1-4-47(56)22-34(62-35-21-33(42(51-52-49)26(2)61-35)60-25-29-15-17-30(57-3)18-16-29)36-39-40(43(50-48)41(36)46(47)55)45(54)38-32(59-24-28-13-9-6-10-14-28)20-19-31(37(38)44(39)53)58-23-27-11-7-5-8-12-27/h5-20,26,33-35,42,56H,4,21-25H2,1-3H3/t26?,33?,34-,35?,42?,47-/m0/s1. The Morgan fingerprint density at radius 3 is 1.94 bits per heavy atom. The summed E-state index contributed by atoms with van der Waals surface area (Å²) < 4.78 is 36.9. The van der Waals surface area contributed by atoms with Crippen LogP contribution in [0, 0.1) is 10.4 Å². The molecule has 1 aliphatic heterocycles. The first-order valence-electron chi connectivity index (χ1n) is 20.3. The summed E-state index contributed by atoms with van der Waals surface area (Å²) in [6, 6.07) is 28.2. The molecule has 8 rings (SSSR count). The monoisotopic (exact) mass is 837 g/mol. The van der Waals surface area contributed by atoms with E-state index in [1.165, 1.54) is 0 Å². The van der Waals surface area contributed by atoms with Crippen LogP contribution >= 0.6 is 0 Å². The van der Waals surface area contributed by atoms with Gasteiger partial charge in [0.2, 0.25) is 11.2 Å². The highest BCUT2D eigenvalue weighted by Crippen LogP contribution is 2.42. The van der Waals surface area contributed by atoms with Gasteiger partial charge in [-0.2, -0.15) is 4.79 Å². The highest BCUT2D eigenvalue weighted by atomic mass is 16.7. The SMILES string of the molecule is CC[C@]1(O)C[C@H](OC2CC(OCc3ccc(OC)cc3)C(N=[N+]=[N-])C(C)O2)c2c(c(=[N+]=[N-])c3c(=O)c4c(OCc5ccccc5)ccc(OCc5ccccc5)c4c(=O)c2=3)C1=O. The zero-order valence-corrected chi connectivity index (χ0v) is 34.2. The van der Waals surface area contributed by atoms with Crippen molar-refractivity contribution in [2.24, 2.45) is 5.11 Å². The maximum atomic E-state index is 15.2. The van der Waals surface area contributed by atoms with Crippen LogP contribution < -0.4 is 30.4 Å². The number of ether oxygens (including phenoxy) is 6. The summed E-state index contributed by atoms with van der Waals surface area (Å²) in [6.07, 6.45) is -4.09. The van der Waals surface area contributed by atoms with Crippen LogP contribution in [0.2, 0.25) is 0 Å². The molecule has 0 bridgehead atoms. The number of benzene rings is 4. The highest BCUT2D eigenvalue weighted by molar-refractivity contribution is 6.05. The number of ketones is 1. The van der Waals surface area contributed by atoms with Crippen molar-refractivity contribution < 1.29 is 43.1 Å². The van der Waals surface area contributed by atoms with Crippen LogP contribution in [0.4, 0.5) is 0 Å². The number of fused-ring (bicyclic) bond motifs is 3. The third-order valence-electron chi connectivity index (χ3n) is 11.7. The maximum Gasteiger partial charge on any atom is 0.338 e. The number of azide groups is 1. The van der Waals surface area contributed by atoms with Crippen molar-refractivity contribution in [1.29, 1.82) is 0 Å². The Hall–Kier alpha value is -6.70. The van der Waals surface area contributed by atoms with E-state index in [1.54, 1.807) is 45.2 Å². The molecule has 0 amide bonds. The molecule has 4 aromatic carbocycles. The zero-order chi connectivity index (χ0) is 43.5. The van der Waals surface area contributed by atoms with Crippen molar-refractivity contribution >= 4 is 16.6 Å². The van der Waals surface area contributed by atoms with Gasteiger partial charge in [-0.15, -0.1) is 0 Å². The molecule has 4 aliphatic rings. The largest absolute Gasteiger partial charge is 0.497 e. The second-order valence-electron chi connectivity index (χ2n) is 15.4. The van der Waals surface area contributed by atoms with Gasteiger partial charge in [0.05, 0.1) is 48.8 Å². The van der Waals surface area contributed by atoms with Gasteiger partial charge in [-0.3, -0.25) is 14.4 Å². The second kappa shape index (κ2) is 17.7. The van der Waals surface area contributed by atoms with Crippen LogP contribution in [-0.4, -0.2) is 52.9 Å². The van der Waals surface area contributed by atoms with E-state index in [4.69, 9.17) is 28.4 Å². The number of hydrogen-bond acceptors (Lipinski definition) is 11. The molecule has 1 fully saturated rings. The summed E-state index contributed by atoms with van der Waals surface area (Å²) in [6.45, 7) is 3.60. The Balaban J connectivity index is 1.26. The van der Waals surface area contributed by atoms with E-state index in [-0.39, 0.29) is 82.9 Å². The summed E-state index contributed by atoms with van der Waals surface area (Å²) in [5, 5.41) is 14.6. The molecule has 0 spiro atoms. The third-order valence-corrected chi connectivity index (χ3v) is 11.7. The molecule has 316 valence electrons. The number of methoxy groups -OCH3 is 1. The van der Waals surface area contributed by atoms with Gasteiger partial charge in [-0.25, -0.2) is 0 Å². The van der Waals surface area contributed by atoms with Gasteiger partial charge in [0.15, 0.2) is 11.7 Å². The third kappa shape index (κ3) is 7.85. The van der Waals surface area contributed by atoms with Gasteiger partial charge >= 0.3 is 5.36 Å². The second-order valence-corrected chi connectivity index (χ2v) is 15.4. The molecule has 0 saturated carbocycles. The van der Waals surface area contributed by atoms with Crippen molar-refractivity contribution in [2.45, 2.75) is 89.2 Å². The topological polar surface area (TPSA) is 212 Å². The van der Waals surface area contributed by atoms with Gasteiger partial charge in [0.25, 0.3) is 0 Å². The molecule has 62 heavy (non-hydrogen) atoms. The Labute approximate surface area is 354 Å². The molecule has 4 aromatic rings. The Kier molecular flexibility index (Phi) is 12.0. The van der Waals surface area contributed by atoms with Crippen molar-refractivity contribution in [1.82, 2.24) is 0 Å². The van der Waals surface area contributed by atoms with E-state index in [1.807, 2.05) is 72.8 Å². The first kappa shape index (κ1) is 42.0. The minimum atomic E-state index is -2.04. The van der Waals surface area contributed by atoms with E-state index in [0.717, 1.165) is 16.7 Å². The Morgan fingerprint density at radius 1 is 0.806 bits per heavy atom. The van der Waals surface area contributed by atoms with Gasteiger partial charge in [0, 0.05) is 28.5 Å². The first-order chi connectivity index (χ1) is 30.1. The number of Topliss-reactive ketones (excluding diaryl/α,β-unsaturated/α-hetero) is 1. The molecule has 6 atom stereocenters. The fourth-order valence-electron chi connectivity index (χ4n) is 8.47. The normalized spacial score (nSPS) is 22.1. The van der Waals surface area contributed by atoms with Crippen LogP contribution in [0.3, 0.4) is 0 Å². The van der Waals surface area contributed by atoms with E-state index in [2.05, 4.69) is 14.8 Å². The molecule has 3 aliphatic carbocycles. The van der Waals surface area contributed by atoms with E-state index in [0.29, 0.717) is 5.75 Å². The minimum absolute atomic E-state index is 0.0198. The van der Waals surface area contributed by atoms with Gasteiger partial charge in [0.1, 0.15) is 46.8 Å². The maximum absolute atomic E-state index is 15.2. The predicted octanol–water partition coefficient (Wildman–Crippen LogP) is 6.64. The van der Waals surface area contributed by atoms with Crippen LogP contribution in [0.15, 0.2) is 112 Å². The van der Waals surface area contributed by atoms with Crippen molar-refractivity contribution in [3.8, 4) is 17.2 Å². The predicted molar refractivity (Wildman–Crippen MR) is 224 cm³/mol. The molecule has 15 heteroatoms. The average molecular weight is 838 g/mol. The zero-order valence-electron chi connectivity index (χ0n) is 34.2. The molecule has 0 aromatic heterocycles. The Bertz CT molecular complexity index is 2930. The van der Waals surface area contributed by atoms with Crippen LogP contribution in [0.25, 0.3) is 26.7 Å². The van der Waals surface area contributed by atoms with Gasteiger partial charge < -0.3 is 39.1 Å². The lowest BCUT2D eigenvalue weighted by atomic mass is 9.77. The molecule has 4 unspecified atom stereocenters. The number of rotatable bonds is 14. The number of hydrogen-bond donors (Lipinski definition) is 1. The lowest BCUT2D eigenvalue weighted by Gasteiger charge is -2.41. The van der Waals surface area contributed by atoms with Gasteiger partial charge in [-0.1, -0.05) is 84.8 Å². The van der Waals surface area contributed by atoms with Crippen LogP contribution in [-0.2, 0) is 34.0 Å². The molecular weight excluding hydrogens is 795 g/mol. The van der Waals surface area contributed by atoms with Crippen LogP contribution in [0.5, 0.6) is 17.2 Å². The van der Waals surface area contributed by atoms with Crippen LogP contribution in [0.1, 0.15) is 71.8 Å². The van der Waals surface area contributed by atoms with E-state index in [9.17, 15) is 25.8 Å². The summed E-state index contributed by atoms with van der Waals surface area (Å²) >= 11 is 0. The first-order valence-corrected chi connectivity index (χ1v) is 20.3. The smallest absolute Gasteiger partial charge is 0.338 e. The van der Waals surface area contributed by atoms with Gasteiger partial charge in [-0.05, 0) is 59.8 Å². The lowest BCUT2D eigenvalue weighted by molar-refractivity contribution is -0.248. The number of carbonyl (C=O) groups excluding carboxylic acids is 1. The average Bonchev–Trinajstić information content (AvgIpc) is 3.66. The van der Waals surface area contributed by atoms with E-state index < -0.39 is 58.2 Å². The number of aliphatic hydroxyl groups is 1. The summed E-state index contributed by atoms with van der Waals surface area (Å²) in [5.41, 5.74) is 18.7. The summed E-state index contributed by atoms with van der Waals surface area (Å²) in [4.78, 5) is 51.1. The quantitative estimate of drug-likeness (QED) is 0.0702. The molecule has 1 N–H and O–H groups in total. The molecule has 1 heterocycles. The highest BCUT2D eigenvalue weighted by Gasteiger charge is 2.50. The van der Waals surface area contributed by atoms with Crippen molar-refractivity contribution in [3.63, 3.8) is 0 Å². The molecule has 1 saturated heterocycles. The summed E-state index contributed by atoms with van der Waals surface area (Å²) in [5.74, 6) is 0.0128. The van der Waals surface area contributed by atoms with Crippen molar-refractivity contribution in [2.75, 3.05) is 7.11 Å². The fourth-order valence-corrected chi connectivity index (χ4v) is 8.47. The van der Waals surface area contributed by atoms with E-state index >= 15 is 4.79 Å². The number of nitrogens with zero attached hydrogens (tertiary/aromatic N) is 5. The molecular formula is C47H43N5O10. The molecule has 15 nitrogen and oxygen atoms in total. The lowest BCUT2D eigenvalue weighted by Crippen LogP contribution is -2.50.